The average Bonchev–Trinajstić information content (AvgIpc) is 3.20. The summed E-state index contributed by atoms with van der Waals surface area (Å²) < 4.78 is 0. The van der Waals surface area contributed by atoms with E-state index in [-0.39, 0.29) is 11.8 Å². The number of hydrogen-bond acceptors (Lipinski definition) is 3. The van der Waals surface area contributed by atoms with E-state index in [4.69, 9.17) is 0 Å². The molecule has 2 atom stereocenters. The zero-order valence-corrected chi connectivity index (χ0v) is 12.8. The predicted octanol–water partition coefficient (Wildman–Crippen LogP) is 1.82. The van der Waals surface area contributed by atoms with Crippen LogP contribution in [0.4, 0.5) is 0 Å². The minimum absolute atomic E-state index is 0.0129. The van der Waals surface area contributed by atoms with Crippen LogP contribution in [0.15, 0.2) is 24.4 Å². The maximum absolute atomic E-state index is 12.6. The van der Waals surface area contributed by atoms with Crippen molar-refractivity contribution in [3.05, 3.63) is 30.0 Å². The summed E-state index contributed by atoms with van der Waals surface area (Å²) in [5, 5.41) is 17.5. The number of hydrogen-bond donors (Lipinski definition) is 2. The highest BCUT2D eigenvalue weighted by Gasteiger charge is 2.55. The van der Waals surface area contributed by atoms with Gasteiger partial charge in [0.05, 0.1) is 23.5 Å². The van der Waals surface area contributed by atoms with Crippen molar-refractivity contribution in [2.75, 3.05) is 13.1 Å². The number of carboxylic acids is 1. The number of aromatic nitrogens is 2. The van der Waals surface area contributed by atoms with Crippen molar-refractivity contribution in [1.29, 1.82) is 0 Å². The molecule has 1 saturated carbocycles. The van der Waals surface area contributed by atoms with Crippen LogP contribution < -0.4 is 0 Å². The van der Waals surface area contributed by atoms with Crippen LogP contribution in [0.1, 0.15) is 24.8 Å². The molecule has 6 heteroatoms. The van der Waals surface area contributed by atoms with Crippen molar-refractivity contribution < 1.29 is 14.7 Å². The number of benzene rings is 1. The van der Waals surface area contributed by atoms with Gasteiger partial charge in [-0.2, -0.15) is 5.10 Å². The van der Waals surface area contributed by atoms with Crippen LogP contribution in [0.25, 0.3) is 10.9 Å². The smallest absolute Gasteiger partial charge is 0.311 e. The second-order valence-electron chi connectivity index (χ2n) is 6.79. The van der Waals surface area contributed by atoms with Gasteiger partial charge in [-0.05, 0) is 30.4 Å². The number of rotatable bonds is 3. The van der Waals surface area contributed by atoms with Gasteiger partial charge in [0.25, 0.3) is 0 Å². The van der Waals surface area contributed by atoms with Gasteiger partial charge in [0, 0.05) is 18.5 Å². The molecule has 1 aromatic heterocycles. The Morgan fingerprint density at radius 1 is 1.43 bits per heavy atom. The molecule has 0 unspecified atom stereocenters. The molecular weight excluding hydrogens is 294 g/mol. The molecular formula is C17H19N3O3. The highest BCUT2D eigenvalue weighted by atomic mass is 16.4. The van der Waals surface area contributed by atoms with Gasteiger partial charge in [0.2, 0.25) is 5.91 Å². The Balaban J connectivity index is 1.50. The predicted molar refractivity (Wildman–Crippen MR) is 83.8 cm³/mol. The van der Waals surface area contributed by atoms with Gasteiger partial charge in [-0.3, -0.25) is 14.7 Å². The van der Waals surface area contributed by atoms with Crippen molar-refractivity contribution in [2.24, 2.45) is 11.3 Å². The highest BCUT2D eigenvalue weighted by Crippen LogP contribution is 2.48. The summed E-state index contributed by atoms with van der Waals surface area (Å²) in [4.78, 5) is 26.0. The third-order valence-electron chi connectivity index (χ3n) is 5.51. The van der Waals surface area contributed by atoms with Gasteiger partial charge in [0.15, 0.2) is 0 Å². The summed E-state index contributed by atoms with van der Waals surface area (Å²) in [6.45, 7) is 0.940. The van der Waals surface area contributed by atoms with Gasteiger partial charge in [-0.25, -0.2) is 0 Å². The molecule has 0 radical (unpaired) electrons. The van der Waals surface area contributed by atoms with Gasteiger partial charge >= 0.3 is 5.97 Å². The molecule has 2 fully saturated rings. The molecule has 0 bridgehead atoms. The molecule has 2 aliphatic rings. The number of carbonyl (C=O) groups is 2. The van der Waals surface area contributed by atoms with Crippen molar-refractivity contribution >= 4 is 22.8 Å². The van der Waals surface area contributed by atoms with Crippen LogP contribution in [-0.2, 0) is 16.0 Å². The maximum Gasteiger partial charge on any atom is 0.311 e. The first-order valence-corrected chi connectivity index (χ1v) is 8.02. The summed E-state index contributed by atoms with van der Waals surface area (Å²) in [5.41, 5.74) is 1.13. The highest BCUT2D eigenvalue weighted by molar-refractivity contribution is 5.84. The minimum Gasteiger partial charge on any atom is -0.481 e. The molecule has 6 nitrogen and oxygen atoms in total. The molecule has 1 amide bonds. The number of fused-ring (bicyclic) bond motifs is 2. The fraction of sp³-hybridized carbons (Fsp3) is 0.471. The van der Waals surface area contributed by atoms with Crippen LogP contribution in [0.3, 0.4) is 0 Å². The van der Waals surface area contributed by atoms with E-state index in [1.807, 2.05) is 18.2 Å². The van der Waals surface area contributed by atoms with Crippen LogP contribution in [0.2, 0.25) is 0 Å². The van der Waals surface area contributed by atoms with Crippen molar-refractivity contribution in [2.45, 2.75) is 25.7 Å². The van der Waals surface area contributed by atoms with E-state index in [1.165, 1.54) is 0 Å². The lowest BCUT2D eigenvalue weighted by Crippen LogP contribution is -2.37. The van der Waals surface area contributed by atoms with Crippen molar-refractivity contribution in [3.8, 4) is 0 Å². The zero-order valence-electron chi connectivity index (χ0n) is 12.8. The summed E-state index contributed by atoms with van der Waals surface area (Å²) in [7, 11) is 0. The lowest BCUT2D eigenvalue weighted by Gasteiger charge is -2.23. The van der Waals surface area contributed by atoms with Crippen LogP contribution >= 0.6 is 0 Å². The number of nitrogens with zero attached hydrogens (tertiary/aromatic N) is 2. The van der Waals surface area contributed by atoms with Gasteiger partial charge in [-0.15, -0.1) is 0 Å². The van der Waals surface area contributed by atoms with Crippen LogP contribution in [0, 0.1) is 11.3 Å². The topological polar surface area (TPSA) is 86.3 Å². The molecule has 2 aromatic rings. The summed E-state index contributed by atoms with van der Waals surface area (Å²) in [6.07, 6.45) is 4.61. The largest absolute Gasteiger partial charge is 0.481 e. The fourth-order valence-electron chi connectivity index (χ4n) is 4.21. The number of carboxylic acid groups (broad SMARTS) is 1. The van der Waals surface area contributed by atoms with E-state index in [0.717, 1.165) is 29.3 Å². The first-order chi connectivity index (χ1) is 11.1. The van der Waals surface area contributed by atoms with E-state index < -0.39 is 11.4 Å². The second kappa shape index (κ2) is 5.08. The lowest BCUT2D eigenvalue weighted by molar-refractivity contribution is -0.149. The first-order valence-electron chi connectivity index (χ1n) is 8.02. The Morgan fingerprint density at radius 3 is 3.09 bits per heavy atom. The van der Waals surface area contributed by atoms with Crippen LogP contribution in [0.5, 0.6) is 0 Å². The molecule has 1 aromatic carbocycles. The van der Waals surface area contributed by atoms with E-state index in [2.05, 4.69) is 10.2 Å². The van der Waals surface area contributed by atoms with Crippen molar-refractivity contribution in [3.63, 3.8) is 0 Å². The summed E-state index contributed by atoms with van der Waals surface area (Å²) in [5.74, 6) is -0.618. The third kappa shape index (κ3) is 2.20. The first kappa shape index (κ1) is 14.2. The van der Waals surface area contributed by atoms with Crippen LogP contribution in [-0.4, -0.2) is 45.2 Å². The molecule has 1 saturated heterocycles. The number of aromatic amines is 1. The zero-order chi connectivity index (χ0) is 16.0. The lowest BCUT2D eigenvalue weighted by atomic mass is 9.81. The molecule has 2 N–H and O–H groups in total. The normalized spacial score (nSPS) is 26.6. The Labute approximate surface area is 133 Å². The van der Waals surface area contributed by atoms with Gasteiger partial charge in [0.1, 0.15) is 0 Å². The summed E-state index contributed by atoms with van der Waals surface area (Å²) in [6, 6.07) is 5.81. The number of H-pyrrole nitrogens is 1. The average molecular weight is 313 g/mol. The minimum atomic E-state index is -0.742. The maximum atomic E-state index is 12.6. The second-order valence-corrected chi connectivity index (χ2v) is 6.79. The number of likely N-dealkylation sites (tertiary alicyclic amines) is 1. The standard InChI is InChI=1S/C17H19N3O3/c21-15(7-11-3-4-12-8-18-19-14(12)6-11)20-9-13-2-1-5-17(13,10-20)16(22)23/h3-4,6,8,13H,1-2,5,7,9-10H2,(H,18,19)(H,22,23)/t13-,17+/m0/s1. The quantitative estimate of drug-likeness (QED) is 0.905. The Kier molecular flexibility index (Phi) is 3.14. The molecule has 0 spiro atoms. The molecule has 4 rings (SSSR count). The monoisotopic (exact) mass is 313 g/mol. The molecule has 23 heavy (non-hydrogen) atoms. The van der Waals surface area contributed by atoms with Gasteiger partial charge in [-0.1, -0.05) is 18.6 Å². The molecule has 2 heterocycles. The summed E-state index contributed by atoms with van der Waals surface area (Å²) >= 11 is 0. The van der Waals surface area contributed by atoms with Gasteiger partial charge < -0.3 is 10.0 Å². The fourth-order valence-corrected chi connectivity index (χ4v) is 4.21. The number of amides is 1. The molecule has 1 aliphatic carbocycles. The number of aliphatic carboxylic acids is 1. The Morgan fingerprint density at radius 2 is 2.30 bits per heavy atom. The molecule has 1 aliphatic heterocycles. The third-order valence-corrected chi connectivity index (χ3v) is 5.51. The number of nitrogens with one attached hydrogen (secondary N) is 1. The number of carbonyl (C=O) groups excluding carboxylic acids is 1. The Bertz CT molecular complexity index is 784. The van der Waals surface area contributed by atoms with E-state index in [0.29, 0.717) is 25.9 Å². The van der Waals surface area contributed by atoms with Crippen molar-refractivity contribution in [1.82, 2.24) is 15.1 Å². The van der Waals surface area contributed by atoms with E-state index in [9.17, 15) is 14.7 Å². The SMILES string of the molecule is O=C(Cc1ccc2cn[nH]c2c1)N1C[C@@H]2CCC[C@@]2(C(=O)O)C1. The molecule has 120 valence electrons. The van der Waals surface area contributed by atoms with E-state index >= 15 is 0 Å². The Hall–Kier alpha value is -2.37. The van der Waals surface area contributed by atoms with E-state index in [1.54, 1.807) is 11.1 Å².